The molecule has 0 aliphatic carbocycles. The van der Waals surface area contributed by atoms with E-state index in [0.717, 1.165) is 79.1 Å². The quantitative estimate of drug-likeness (QED) is 0.390. The van der Waals surface area contributed by atoms with Gasteiger partial charge in [0.05, 0.1) is 25.4 Å². The molecule has 39 heavy (non-hydrogen) atoms. The van der Waals surface area contributed by atoms with E-state index in [1.54, 1.807) is 7.11 Å². The number of para-hydroxylation sites is 2. The van der Waals surface area contributed by atoms with Crippen molar-refractivity contribution in [3.05, 3.63) is 75.3 Å². The number of nitrogens with zero attached hydrogens (tertiary/aromatic N) is 6. The molecule has 2 aliphatic rings. The number of pyridine rings is 1. The Morgan fingerprint density at radius 2 is 1.95 bits per heavy atom. The summed E-state index contributed by atoms with van der Waals surface area (Å²) in [4.78, 5) is 21.5. The molecule has 6 rings (SSSR count). The van der Waals surface area contributed by atoms with E-state index in [-0.39, 0.29) is 11.7 Å². The molecule has 10 nitrogen and oxygen atoms in total. The van der Waals surface area contributed by atoms with Gasteiger partial charge in [-0.3, -0.25) is 9.69 Å². The standard InChI is InChI=1S/C29H35N7O3/c1-19-15-20(2)22-17-23(29(37)30-24(22)16-19)27(28-31-32-33-36(28)18-21-7-6-14-39-21)35-12-10-34(11-13-35)25-8-4-5-9-26(25)38-3/h4-5,8-9,15-17,21,27H,6-7,10-14,18H2,1-3H3,(H,30,37)/t21-,27-/m1/s1. The van der Waals surface area contributed by atoms with E-state index in [1.165, 1.54) is 0 Å². The third-order valence-corrected chi connectivity index (χ3v) is 7.95. The molecule has 2 atom stereocenters. The van der Waals surface area contributed by atoms with Gasteiger partial charge >= 0.3 is 0 Å². The van der Waals surface area contributed by atoms with Crippen molar-refractivity contribution in [3.8, 4) is 5.75 Å². The number of nitrogens with one attached hydrogen (secondary N) is 1. The molecule has 2 aromatic heterocycles. The number of hydrogen-bond acceptors (Lipinski definition) is 8. The zero-order chi connectivity index (χ0) is 26.9. The first kappa shape index (κ1) is 25.5. The number of benzene rings is 2. The molecule has 0 spiro atoms. The molecule has 0 saturated carbocycles. The molecule has 2 aliphatic heterocycles. The van der Waals surface area contributed by atoms with Crippen molar-refractivity contribution in [3.63, 3.8) is 0 Å². The molecular formula is C29H35N7O3. The molecule has 0 amide bonds. The zero-order valence-corrected chi connectivity index (χ0v) is 22.8. The molecule has 204 valence electrons. The summed E-state index contributed by atoms with van der Waals surface area (Å²) in [5.74, 6) is 1.53. The number of aromatic nitrogens is 5. The van der Waals surface area contributed by atoms with Gasteiger partial charge in [-0.05, 0) is 72.5 Å². The number of piperazine rings is 1. The van der Waals surface area contributed by atoms with Crippen LogP contribution in [0.1, 0.15) is 41.4 Å². The molecular weight excluding hydrogens is 494 g/mol. The highest BCUT2D eigenvalue weighted by Crippen LogP contribution is 2.33. The van der Waals surface area contributed by atoms with E-state index in [0.29, 0.717) is 17.9 Å². The van der Waals surface area contributed by atoms with Gasteiger partial charge in [0.1, 0.15) is 11.8 Å². The summed E-state index contributed by atoms with van der Waals surface area (Å²) in [6.07, 6.45) is 2.10. The Labute approximate surface area is 227 Å². The average Bonchev–Trinajstić information content (AvgIpc) is 3.62. The molecule has 2 saturated heterocycles. The van der Waals surface area contributed by atoms with Crippen LogP contribution < -0.4 is 15.2 Å². The molecule has 2 fully saturated rings. The predicted octanol–water partition coefficient (Wildman–Crippen LogP) is 3.23. The van der Waals surface area contributed by atoms with E-state index >= 15 is 0 Å². The number of aryl methyl sites for hydroxylation is 2. The number of H-pyrrole nitrogens is 1. The molecule has 1 N–H and O–H groups in total. The van der Waals surface area contributed by atoms with Crippen molar-refractivity contribution in [1.29, 1.82) is 0 Å². The summed E-state index contributed by atoms with van der Waals surface area (Å²) < 4.78 is 13.3. The van der Waals surface area contributed by atoms with E-state index < -0.39 is 6.04 Å². The van der Waals surface area contributed by atoms with E-state index in [4.69, 9.17) is 9.47 Å². The zero-order valence-electron chi connectivity index (χ0n) is 22.8. The fourth-order valence-electron chi connectivity index (χ4n) is 6.02. The molecule has 4 heterocycles. The lowest BCUT2D eigenvalue weighted by molar-refractivity contribution is 0.0906. The number of ether oxygens (including phenoxy) is 2. The first-order valence-electron chi connectivity index (χ1n) is 13.7. The maximum absolute atomic E-state index is 13.6. The third kappa shape index (κ3) is 5.02. The Balaban J connectivity index is 1.38. The largest absolute Gasteiger partial charge is 0.495 e. The predicted molar refractivity (Wildman–Crippen MR) is 149 cm³/mol. The van der Waals surface area contributed by atoms with Gasteiger partial charge in [0.15, 0.2) is 5.82 Å². The minimum atomic E-state index is -0.393. The number of fused-ring (bicyclic) bond motifs is 1. The number of hydrogen-bond donors (Lipinski definition) is 1. The van der Waals surface area contributed by atoms with Crippen LogP contribution in [0.25, 0.3) is 10.9 Å². The summed E-state index contributed by atoms with van der Waals surface area (Å²) in [7, 11) is 1.70. The summed E-state index contributed by atoms with van der Waals surface area (Å²) in [6, 6.07) is 13.9. The Morgan fingerprint density at radius 1 is 1.13 bits per heavy atom. The van der Waals surface area contributed by atoms with Gasteiger partial charge in [-0.1, -0.05) is 18.2 Å². The maximum Gasteiger partial charge on any atom is 0.253 e. The van der Waals surface area contributed by atoms with Crippen molar-refractivity contribution >= 4 is 16.6 Å². The summed E-state index contributed by atoms with van der Waals surface area (Å²) in [5.41, 5.74) is 4.71. The number of anilines is 1. The first-order chi connectivity index (χ1) is 19.0. The smallest absolute Gasteiger partial charge is 0.253 e. The van der Waals surface area contributed by atoms with Gasteiger partial charge in [0.25, 0.3) is 5.56 Å². The number of rotatable bonds is 7. The lowest BCUT2D eigenvalue weighted by Crippen LogP contribution is -2.49. The Kier molecular flexibility index (Phi) is 7.05. The van der Waals surface area contributed by atoms with Crippen LogP contribution in [0.3, 0.4) is 0 Å². The second-order valence-electron chi connectivity index (χ2n) is 10.5. The van der Waals surface area contributed by atoms with Gasteiger partial charge in [0, 0.05) is 49.3 Å². The van der Waals surface area contributed by atoms with Crippen molar-refractivity contribution in [2.24, 2.45) is 0 Å². The second kappa shape index (κ2) is 10.8. The summed E-state index contributed by atoms with van der Waals surface area (Å²) in [5, 5.41) is 13.9. The fourth-order valence-corrected chi connectivity index (χ4v) is 6.02. The highest BCUT2D eigenvalue weighted by molar-refractivity contribution is 5.83. The summed E-state index contributed by atoms with van der Waals surface area (Å²) >= 11 is 0. The molecule has 0 bridgehead atoms. The van der Waals surface area contributed by atoms with Crippen LogP contribution in [0, 0.1) is 13.8 Å². The van der Waals surface area contributed by atoms with Crippen molar-refractivity contribution in [2.45, 2.75) is 45.4 Å². The average molecular weight is 530 g/mol. The van der Waals surface area contributed by atoms with Gasteiger partial charge < -0.3 is 19.4 Å². The van der Waals surface area contributed by atoms with Crippen LogP contribution in [0.2, 0.25) is 0 Å². The van der Waals surface area contributed by atoms with E-state index in [1.807, 2.05) is 41.9 Å². The topological polar surface area (TPSA) is 101 Å². The minimum Gasteiger partial charge on any atom is -0.495 e. The number of methoxy groups -OCH3 is 1. The molecule has 2 aromatic carbocycles. The highest BCUT2D eigenvalue weighted by atomic mass is 16.5. The van der Waals surface area contributed by atoms with Crippen LogP contribution in [0.5, 0.6) is 5.75 Å². The monoisotopic (exact) mass is 529 g/mol. The van der Waals surface area contributed by atoms with Crippen LogP contribution in [0.4, 0.5) is 5.69 Å². The van der Waals surface area contributed by atoms with Crippen molar-refractivity contribution < 1.29 is 9.47 Å². The molecule has 4 aromatic rings. The maximum atomic E-state index is 13.6. The van der Waals surface area contributed by atoms with Crippen LogP contribution in [-0.2, 0) is 11.3 Å². The molecule has 10 heteroatoms. The SMILES string of the molecule is COc1ccccc1N1CCN([C@H](c2cc3c(C)cc(C)cc3[nH]c2=O)c2nnnn2C[C@H]2CCCO2)CC1. The van der Waals surface area contributed by atoms with Gasteiger partial charge in [-0.25, -0.2) is 4.68 Å². The fraction of sp³-hybridized carbons (Fsp3) is 0.448. The van der Waals surface area contributed by atoms with Crippen LogP contribution >= 0.6 is 0 Å². The third-order valence-electron chi connectivity index (χ3n) is 7.95. The lowest BCUT2D eigenvalue weighted by Gasteiger charge is -2.40. The van der Waals surface area contributed by atoms with Crippen molar-refractivity contribution in [1.82, 2.24) is 30.1 Å². The summed E-state index contributed by atoms with van der Waals surface area (Å²) in [6.45, 7) is 8.51. The first-order valence-corrected chi connectivity index (χ1v) is 13.7. The number of aromatic amines is 1. The highest BCUT2D eigenvalue weighted by Gasteiger charge is 2.34. The van der Waals surface area contributed by atoms with Gasteiger partial charge in [-0.15, -0.1) is 5.10 Å². The van der Waals surface area contributed by atoms with Crippen LogP contribution in [-0.4, -0.2) is 76.1 Å². The Hall–Kier alpha value is -3.76. The lowest BCUT2D eigenvalue weighted by atomic mass is 9.99. The Morgan fingerprint density at radius 3 is 2.72 bits per heavy atom. The van der Waals surface area contributed by atoms with E-state index in [9.17, 15) is 4.79 Å². The van der Waals surface area contributed by atoms with Gasteiger partial charge in [0.2, 0.25) is 0 Å². The normalized spacial score (nSPS) is 19.1. The number of tetrazole rings is 1. The van der Waals surface area contributed by atoms with Crippen LogP contribution in [0.15, 0.2) is 47.3 Å². The van der Waals surface area contributed by atoms with Gasteiger partial charge in [-0.2, -0.15) is 0 Å². The van der Waals surface area contributed by atoms with Crippen molar-refractivity contribution in [2.75, 3.05) is 44.8 Å². The second-order valence-corrected chi connectivity index (χ2v) is 10.5. The molecule has 0 unspecified atom stereocenters. The minimum absolute atomic E-state index is 0.0791. The van der Waals surface area contributed by atoms with E-state index in [2.05, 4.69) is 49.4 Å². The Bertz CT molecular complexity index is 1520. The molecule has 0 radical (unpaired) electrons.